The summed E-state index contributed by atoms with van der Waals surface area (Å²) in [6, 6.07) is 8.47. The quantitative estimate of drug-likeness (QED) is 0.888. The van der Waals surface area contributed by atoms with Gasteiger partial charge in [-0.05, 0) is 55.5 Å². The predicted octanol–water partition coefficient (Wildman–Crippen LogP) is 3.03. The molecule has 0 saturated carbocycles. The molecule has 1 aromatic heterocycles. The van der Waals surface area contributed by atoms with Gasteiger partial charge in [0.05, 0.1) is 6.20 Å². The number of aryl methyl sites for hydroxylation is 1. The molecule has 1 aromatic carbocycles. The molecular weight excluding hydrogens is 302 g/mol. The maximum Gasteiger partial charge on any atom is 0.0521 e. The Bertz CT molecular complexity index is 504. The summed E-state index contributed by atoms with van der Waals surface area (Å²) >= 11 is 3.46. The molecule has 0 saturated heterocycles. The van der Waals surface area contributed by atoms with E-state index in [1.807, 2.05) is 10.9 Å². The fourth-order valence-electron chi connectivity index (χ4n) is 2.21. The van der Waals surface area contributed by atoms with Crippen molar-refractivity contribution in [3.05, 3.63) is 52.3 Å². The maximum absolute atomic E-state index is 5.90. The van der Waals surface area contributed by atoms with E-state index in [0.717, 1.165) is 23.9 Å². The number of nitrogens with zero attached hydrogens (tertiary/aromatic N) is 2. The molecule has 102 valence electrons. The first-order valence-electron chi connectivity index (χ1n) is 6.67. The first-order valence-corrected chi connectivity index (χ1v) is 7.46. The molecule has 19 heavy (non-hydrogen) atoms. The molecular formula is C15H20BrN3. The number of rotatable bonds is 6. The first-order chi connectivity index (χ1) is 9.21. The van der Waals surface area contributed by atoms with E-state index in [2.05, 4.69) is 58.4 Å². The van der Waals surface area contributed by atoms with Gasteiger partial charge in [-0.3, -0.25) is 4.68 Å². The highest BCUT2D eigenvalue weighted by Gasteiger charge is 2.10. The third-order valence-electron chi connectivity index (χ3n) is 3.31. The van der Waals surface area contributed by atoms with Gasteiger partial charge in [0.25, 0.3) is 0 Å². The van der Waals surface area contributed by atoms with Crippen LogP contribution in [-0.2, 0) is 19.4 Å². The van der Waals surface area contributed by atoms with Crippen LogP contribution >= 0.6 is 15.9 Å². The Kier molecular flexibility index (Phi) is 5.16. The number of nitrogens with two attached hydrogens (primary N) is 1. The summed E-state index contributed by atoms with van der Waals surface area (Å²) < 4.78 is 3.08. The molecule has 0 aliphatic carbocycles. The topological polar surface area (TPSA) is 43.8 Å². The monoisotopic (exact) mass is 321 g/mol. The van der Waals surface area contributed by atoms with E-state index in [4.69, 9.17) is 5.73 Å². The average Bonchev–Trinajstić information content (AvgIpc) is 2.88. The molecule has 2 aromatic rings. The maximum atomic E-state index is 5.90. The second-order valence-corrected chi connectivity index (χ2v) is 5.76. The van der Waals surface area contributed by atoms with E-state index in [1.165, 1.54) is 11.1 Å². The molecule has 1 unspecified atom stereocenters. The molecule has 0 aliphatic heterocycles. The largest absolute Gasteiger partial charge is 0.330 e. The summed E-state index contributed by atoms with van der Waals surface area (Å²) in [5.74, 6) is 0.468. The molecule has 0 radical (unpaired) electrons. The molecule has 1 atom stereocenters. The van der Waals surface area contributed by atoms with Gasteiger partial charge in [-0.15, -0.1) is 0 Å². The summed E-state index contributed by atoms with van der Waals surface area (Å²) in [5, 5.41) is 4.31. The Morgan fingerprint density at radius 1 is 1.21 bits per heavy atom. The normalized spacial score (nSPS) is 12.6. The fourth-order valence-corrected chi connectivity index (χ4v) is 2.48. The van der Waals surface area contributed by atoms with Gasteiger partial charge in [-0.1, -0.05) is 28.1 Å². The Labute approximate surface area is 122 Å². The second kappa shape index (κ2) is 6.87. The standard InChI is InChI=1S/C15H20BrN3/c1-2-19-11-14(10-18-19)8-13(9-17)7-12-3-5-15(16)6-4-12/h3-6,10-11,13H,2,7-9,17H2,1H3. The van der Waals surface area contributed by atoms with E-state index >= 15 is 0 Å². The highest BCUT2D eigenvalue weighted by molar-refractivity contribution is 9.10. The lowest BCUT2D eigenvalue weighted by Gasteiger charge is -2.13. The number of aromatic nitrogens is 2. The van der Waals surface area contributed by atoms with Crippen molar-refractivity contribution in [1.29, 1.82) is 0 Å². The molecule has 0 aliphatic rings. The lowest BCUT2D eigenvalue weighted by molar-refractivity contribution is 0.533. The van der Waals surface area contributed by atoms with Crippen LogP contribution in [0.15, 0.2) is 41.1 Å². The van der Waals surface area contributed by atoms with Crippen molar-refractivity contribution < 1.29 is 0 Å². The van der Waals surface area contributed by atoms with Crippen molar-refractivity contribution >= 4 is 15.9 Å². The molecule has 4 heteroatoms. The van der Waals surface area contributed by atoms with E-state index in [1.54, 1.807) is 0 Å². The lowest BCUT2D eigenvalue weighted by Crippen LogP contribution is -2.19. The minimum atomic E-state index is 0.468. The smallest absolute Gasteiger partial charge is 0.0521 e. The molecule has 2 rings (SSSR count). The van der Waals surface area contributed by atoms with Crippen molar-refractivity contribution in [1.82, 2.24) is 9.78 Å². The summed E-state index contributed by atoms with van der Waals surface area (Å²) in [7, 11) is 0. The number of hydrogen-bond donors (Lipinski definition) is 1. The second-order valence-electron chi connectivity index (χ2n) is 4.84. The lowest BCUT2D eigenvalue weighted by atomic mass is 9.94. The van der Waals surface area contributed by atoms with E-state index in [0.29, 0.717) is 12.5 Å². The van der Waals surface area contributed by atoms with Gasteiger partial charge >= 0.3 is 0 Å². The number of benzene rings is 1. The Balaban J connectivity index is 1.98. The van der Waals surface area contributed by atoms with Gasteiger partial charge in [0.15, 0.2) is 0 Å². The van der Waals surface area contributed by atoms with Crippen molar-refractivity contribution in [3.8, 4) is 0 Å². The zero-order chi connectivity index (χ0) is 13.7. The first kappa shape index (κ1) is 14.3. The highest BCUT2D eigenvalue weighted by Crippen LogP contribution is 2.16. The zero-order valence-corrected chi connectivity index (χ0v) is 12.8. The molecule has 3 nitrogen and oxygen atoms in total. The SMILES string of the molecule is CCn1cc(CC(CN)Cc2ccc(Br)cc2)cn1. The van der Waals surface area contributed by atoms with Gasteiger partial charge in [0.1, 0.15) is 0 Å². The fraction of sp³-hybridized carbons (Fsp3) is 0.400. The Hall–Kier alpha value is -1.13. The van der Waals surface area contributed by atoms with Gasteiger partial charge in [-0.2, -0.15) is 5.10 Å². The van der Waals surface area contributed by atoms with Crippen molar-refractivity contribution in [3.63, 3.8) is 0 Å². The minimum absolute atomic E-state index is 0.468. The summed E-state index contributed by atoms with van der Waals surface area (Å²) in [6.07, 6.45) is 6.08. The van der Waals surface area contributed by atoms with Crippen molar-refractivity contribution in [2.24, 2.45) is 11.7 Å². The van der Waals surface area contributed by atoms with Crippen LogP contribution < -0.4 is 5.73 Å². The Morgan fingerprint density at radius 3 is 2.47 bits per heavy atom. The van der Waals surface area contributed by atoms with Crippen LogP contribution in [-0.4, -0.2) is 16.3 Å². The summed E-state index contributed by atoms with van der Waals surface area (Å²) in [6.45, 7) is 3.71. The average molecular weight is 322 g/mol. The predicted molar refractivity (Wildman–Crippen MR) is 82.0 cm³/mol. The molecule has 1 heterocycles. The van der Waals surface area contributed by atoms with Crippen molar-refractivity contribution in [2.75, 3.05) is 6.54 Å². The van der Waals surface area contributed by atoms with Gasteiger partial charge in [0.2, 0.25) is 0 Å². The van der Waals surface area contributed by atoms with Crippen LogP contribution in [0.2, 0.25) is 0 Å². The summed E-state index contributed by atoms with van der Waals surface area (Å²) in [5.41, 5.74) is 8.51. The molecule has 0 fully saturated rings. The van der Waals surface area contributed by atoms with Crippen LogP contribution in [0.1, 0.15) is 18.1 Å². The van der Waals surface area contributed by atoms with Crippen molar-refractivity contribution in [2.45, 2.75) is 26.3 Å². The van der Waals surface area contributed by atoms with E-state index in [-0.39, 0.29) is 0 Å². The number of hydrogen-bond acceptors (Lipinski definition) is 2. The van der Waals surface area contributed by atoms with Crippen LogP contribution in [0.4, 0.5) is 0 Å². The zero-order valence-electron chi connectivity index (χ0n) is 11.2. The van der Waals surface area contributed by atoms with E-state index < -0.39 is 0 Å². The Morgan fingerprint density at radius 2 is 1.89 bits per heavy atom. The molecule has 0 bridgehead atoms. The van der Waals surface area contributed by atoms with Crippen LogP contribution in [0.5, 0.6) is 0 Å². The van der Waals surface area contributed by atoms with Gasteiger partial charge in [-0.25, -0.2) is 0 Å². The minimum Gasteiger partial charge on any atom is -0.330 e. The van der Waals surface area contributed by atoms with Gasteiger partial charge < -0.3 is 5.73 Å². The third-order valence-corrected chi connectivity index (χ3v) is 3.83. The number of halogens is 1. The van der Waals surface area contributed by atoms with Crippen LogP contribution in [0.25, 0.3) is 0 Å². The van der Waals surface area contributed by atoms with Gasteiger partial charge in [0, 0.05) is 17.2 Å². The highest BCUT2D eigenvalue weighted by atomic mass is 79.9. The third kappa shape index (κ3) is 4.18. The molecule has 0 spiro atoms. The van der Waals surface area contributed by atoms with Crippen LogP contribution in [0, 0.1) is 5.92 Å². The van der Waals surface area contributed by atoms with Crippen LogP contribution in [0.3, 0.4) is 0 Å². The van der Waals surface area contributed by atoms with E-state index in [9.17, 15) is 0 Å². The molecule has 0 amide bonds. The molecule has 2 N–H and O–H groups in total. The summed E-state index contributed by atoms with van der Waals surface area (Å²) in [4.78, 5) is 0.